The average molecular weight is 299 g/mol. The third kappa shape index (κ3) is 6.67. The normalized spacial score (nSPS) is 12.8. The van der Waals surface area contributed by atoms with E-state index in [2.05, 4.69) is 5.32 Å². The Balaban J connectivity index is 2.70. The lowest BCUT2D eigenvalue weighted by atomic mass is 10.0. The van der Waals surface area contributed by atoms with Crippen molar-refractivity contribution < 1.29 is 18.3 Å². The summed E-state index contributed by atoms with van der Waals surface area (Å²) in [5, 5.41) is 2.80. The van der Waals surface area contributed by atoms with Crippen molar-refractivity contribution in [2.45, 2.75) is 52.9 Å². The van der Waals surface area contributed by atoms with E-state index in [-0.39, 0.29) is 24.5 Å². The Morgan fingerprint density at radius 2 is 1.71 bits per heavy atom. The highest BCUT2D eigenvalue weighted by Gasteiger charge is 2.21. The predicted octanol–water partition coefficient (Wildman–Crippen LogP) is 3.42. The molecule has 0 radical (unpaired) electrons. The molecule has 3 nitrogen and oxygen atoms in total. The molecule has 0 saturated heterocycles. The van der Waals surface area contributed by atoms with Crippen LogP contribution in [0.25, 0.3) is 0 Å². The number of benzene rings is 1. The molecule has 0 saturated carbocycles. The van der Waals surface area contributed by atoms with Crippen LogP contribution in [-0.4, -0.2) is 18.1 Å². The van der Waals surface area contributed by atoms with Gasteiger partial charge in [-0.3, -0.25) is 4.79 Å². The highest BCUT2D eigenvalue weighted by molar-refractivity contribution is 5.81. The second-order valence-electron chi connectivity index (χ2n) is 5.87. The lowest BCUT2D eigenvalue weighted by molar-refractivity contribution is -0.135. The van der Waals surface area contributed by atoms with E-state index in [0.717, 1.165) is 6.07 Å². The van der Waals surface area contributed by atoms with Gasteiger partial charge in [0.15, 0.2) is 0 Å². The Morgan fingerprint density at radius 3 is 2.19 bits per heavy atom. The molecule has 0 spiro atoms. The van der Waals surface area contributed by atoms with E-state index >= 15 is 0 Å². The minimum absolute atomic E-state index is 0.00240. The maximum Gasteiger partial charge on any atom is 0.249 e. The first-order valence-electron chi connectivity index (χ1n) is 7.15. The van der Waals surface area contributed by atoms with Gasteiger partial charge in [-0.2, -0.15) is 0 Å². The highest BCUT2D eigenvalue weighted by atomic mass is 19.1. The number of rotatable bonds is 7. The van der Waals surface area contributed by atoms with Gasteiger partial charge < -0.3 is 10.1 Å². The summed E-state index contributed by atoms with van der Waals surface area (Å²) in [5.41, 5.74) is 0.374. The molecule has 0 fully saturated rings. The van der Waals surface area contributed by atoms with Crippen molar-refractivity contribution in [2.75, 3.05) is 0 Å². The number of carbonyl (C=O) groups excluding carboxylic acids is 1. The molecule has 0 aromatic heterocycles. The van der Waals surface area contributed by atoms with Gasteiger partial charge in [-0.05, 0) is 43.9 Å². The van der Waals surface area contributed by atoms with Gasteiger partial charge in [0.2, 0.25) is 5.91 Å². The first-order chi connectivity index (χ1) is 9.77. The Labute approximate surface area is 124 Å². The first kappa shape index (κ1) is 17.6. The molecule has 1 unspecified atom stereocenters. The molecule has 0 aliphatic carbocycles. The molecule has 5 heteroatoms. The summed E-state index contributed by atoms with van der Waals surface area (Å²) < 4.78 is 31.8. The molecule has 0 bridgehead atoms. The van der Waals surface area contributed by atoms with Crippen molar-refractivity contribution in [1.29, 1.82) is 0 Å². The zero-order valence-electron chi connectivity index (χ0n) is 13.0. The standard InChI is InChI=1S/C16H23F2NO2/c1-10(2)5-15(16(20)19-11(3)4)21-9-12-6-13(17)8-14(18)7-12/h6-8,10-11,15H,5,9H2,1-4H3,(H,19,20). The van der Waals surface area contributed by atoms with Gasteiger partial charge >= 0.3 is 0 Å². The largest absolute Gasteiger partial charge is 0.364 e. The summed E-state index contributed by atoms with van der Waals surface area (Å²) in [4.78, 5) is 12.1. The second-order valence-corrected chi connectivity index (χ2v) is 5.87. The number of hydrogen-bond donors (Lipinski definition) is 1. The lowest BCUT2D eigenvalue weighted by Gasteiger charge is -2.21. The lowest BCUT2D eigenvalue weighted by Crippen LogP contribution is -2.40. The van der Waals surface area contributed by atoms with Crippen molar-refractivity contribution in [2.24, 2.45) is 5.92 Å². The van der Waals surface area contributed by atoms with E-state index in [0.29, 0.717) is 12.0 Å². The van der Waals surface area contributed by atoms with Gasteiger partial charge in [0, 0.05) is 12.1 Å². The van der Waals surface area contributed by atoms with Crippen molar-refractivity contribution in [3.05, 3.63) is 35.4 Å². The van der Waals surface area contributed by atoms with Crippen LogP contribution in [0.15, 0.2) is 18.2 Å². The maximum atomic E-state index is 13.1. The Kier molecular flexibility index (Phi) is 6.75. The van der Waals surface area contributed by atoms with Gasteiger partial charge in [0.05, 0.1) is 6.61 Å². The number of halogens is 2. The first-order valence-corrected chi connectivity index (χ1v) is 7.15. The Hall–Kier alpha value is -1.49. The molecule has 1 atom stereocenters. The number of nitrogens with one attached hydrogen (secondary N) is 1. The Morgan fingerprint density at radius 1 is 1.14 bits per heavy atom. The molecule has 21 heavy (non-hydrogen) atoms. The van der Waals surface area contributed by atoms with Crippen molar-refractivity contribution in [1.82, 2.24) is 5.32 Å². The van der Waals surface area contributed by atoms with E-state index in [1.165, 1.54) is 12.1 Å². The minimum atomic E-state index is -0.652. The van der Waals surface area contributed by atoms with Crippen LogP contribution < -0.4 is 5.32 Å². The molecule has 1 aromatic carbocycles. The summed E-state index contributed by atoms with van der Waals surface area (Å²) in [6.45, 7) is 7.71. The van der Waals surface area contributed by atoms with E-state index in [9.17, 15) is 13.6 Å². The van der Waals surface area contributed by atoms with E-state index in [1.54, 1.807) is 0 Å². The average Bonchev–Trinajstić information content (AvgIpc) is 2.31. The van der Waals surface area contributed by atoms with Gasteiger partial charge in [-0.1, -0.05) is 13.8 Å². The van der Waals surface area contributed by atoms with Gasteiger partial charge in [0.25, 0.3) is 0 Å². The predicted molar refractivity (Wildman–Crippen MR) is 77.7 cm³/mol. The van der Waals surface area contributed by atoms with Gasteiger partial charge in [0.1, 0.15) is 17.7 Å². The summed E-state index contributed by atoms with van der Waals surface area (Å²) >= 11 is 0. The number of amides is 1. The summed E-state index contributed by atoms with van der Waals surface area (Å²) in [7, 11) is 0. The number of hydrogen-bond acceptors (Lipinski definition) is 2. The van der Waals surface area contributed by atoms with Crippen molar-refractivity contribution in [3.63, 3.8) is 0 Å². The smallest absolute Gasteiger partial charge is 0.249 e. The third-order valence-corrected chi connectivity index (χ3v) is 2.78. The van der Waals surface area contributed by atoms with Crippen LogP contribution in [-0.2, 0) is 16.1 Å². The molecule has 1 amide bonds. The Bertz CT molecular complexity index is 455. The quantitative estimate of drug-likeness (QED) is 0.838. The van der Waals surface area contributed by atoms with Gasteiger partial charge in [-0.25, -0.2) is 8.78 Å². The second kappa shape index (κ2) is 8.08. The molecule has 1 aromatic rings. The zero-order valence-corrected chi connectivity index (χ0v) is 13.0. The highest BCUT2D eigenvalue weighted by Crippen LogP contribution is 2.14. The zero-order chi connectivity index (χ0) is 16.0. The van der Waals surface area contributed by atoms with E-state index < -0.39 is 17.7 Å². The van der Waals surface area contributed by atoms with Crippen LogP contribution in [0.1, 0.15) is 39.7 Å². The fourth-order valence-corrected chi connectivity index (χ4v) is 1.95. The maximum absolute atomic E-state index is 13.1. The topological polar surface area (TPSA) is 38.3 Å². The van der Waals surface area contributed by atoms with Crippen molar-refractivity contribution in [3.8, 4) is 0 Å². The summed E-state index contributed by atoms with van der Waals surface area (Å²) in [5.74, 6) is -1.23. The van der Waals surface area contributed by atoms with E-state index in [1.807, 2.05) is 27.7 Å². The molecule has 0 aliphatic rings. The van der Waals surface area contributed by atoms with E-state index in [4.69, 9.17) is 4.74 Å². The summed E-state index contributed by atoms with van der Waals surface area (Å²) in [6.07, 6.45) is -0.0742. The molecule has 0 heterocycles. The molecular weight excluding hydrogens is 276 g/mol. The molecular formula is C16H23F2NO2. The van der Waals surface area contributed by atoms with Crippen LogP contribution in [0.2, 0.25) is 0 Å². The van der Waals surface area contributed by atoms with Crippen LogP contribution in [0, 0.1) is 17.6 Å². The minimum Gasteiger partial charge on any atom is -0.364 e. The molecule has 118 valence electrons. The number of ether oxygens (including phenoxy) is 1. The van der Waals surface area contributed by atoms with Gasteiger partial charge in [-0.15, -0.1) is 0 Å². The fourth-order valence-electron chi connectivity index (χ4n) is 1.95. The summed E-state index contributed by atoms with van der Waals surface area (Å²) in [6, 6.07) is 3.23. The van der Waals surface area contributed by atoms with Crippen molar-refractivity contribution >= 4 is 5.91 Å². The number of carbonyl (C=O) groups is 1. The fraction of sp³-hybridized carbons (Fsp3) is 0.562. The molecule has 1 rings (SSSR count). The van der Waals surface area contributed by atoms with Crippen LogP contribution in [0.3, 0.4) is 0 Å². The van der Waals surface area contributed by atoms with Crippen LogP contribution >= 0.6 is 0 Å². The SMILES string of the molecule is CC(C)CC(OCc1cc(F)cc(F)c1)C(=O)NC(C)C. The van der Waals surface area contributed by atoms with Crippen LogP contribution in [0.4, 0.5) is 8.78 Å². The van der Waals surface area contributed by atoms with Crippen LogP contribution in [0.5, 0.6) is 0 Å². The molecule has 1 N–H and O–H groups in total. The molecule has 0 aliphatic heterocycles. The third-order valence-electron chi connectivity index (χ3n) is 2.78. The monoisotopic (exact) mass is 299 g/mol.